The summed E-state index contributed by atoms with van der Waals surface area (Å²) in [4.78, 5) is 52.6. The summed E-state index contributed by atoms with van der Waals surface area (Å²) in [6.07, 6.45) is 2.53. The number of aliphatic imine (C=N–C) groups is 1. The fourth-order valence-electron chi connectivity index (χ4n) is 4.09. The van der Waals surface area contributed by atoms with Crippen LogP contribution >= 0.6 is 11.8 Å². The summed E-state index contributed by atoms with van der Waals surface area (Å²) in [7, 11) is 0. The van der Waals surface area contributed by atoms with E-state index in [1.54, 1.807) is 48.8 Å². The van der Waals surface area contributed by atoms with E-state index in [9.17, 15) is 18.8 Å². The smallest absolute Gasteiger partial charge is 0.407 e. The highest BCUT2D eigenvalue weighted by Gasteiger charge is 2.39. The Bertz CT molecular complexity index is 1630. The first-order chi connectivity index (χ1) is 20.8. The van der Waals surface area contributed by atoms with Crippen molar-refractivity contribution in [1.29, 1.82) is 0 Å². The second-order valence-electron chi connectivity index (χ2n) is 9.53. The Kier molecular flexibility index (Phi) is 9.37. The van der Waals surface area contributed by atoms with Crippen LogP contribution < -0.4 is 10.6 Å². The molecule has 1 atom stereocenters. The van der Waals surface area contributed by atoms with Crippen LogP contribution in [-0.2, 0) is 27.5 Å². The number of halogens is 1. The summed E-state index contributed by atoms with van der Waals surface area (Å²) in [5, 5.41) is 4.92. The number of amides is 3. The Morgan fingerprint density at radius 2 is 1.81 bits per heavy atom. The molecule has 1 fully saturated rings. The number of aryl methyl sites for hydroxylation is 1. The number of nitrogens with one attached hydrogen (secondary N) is 2. The van der Waals surface area contributed by atoms with Crippen molar-refractivity contribution in [2.45, 2.75) is 25.3 Å². The van der Waals surface area contributed by atoms with Crippen LogP contribution in [-0.4, -0.2) is 44.5 Å². The van der Waals surface area contributed by atoms with Gasteiger partial charge in [0, 0.05) is 11.9 Å². The Balaban J connectivity index is 1.22. The van der Waals surface area contributed by atoms with E-state index in [4.69, 9.17) is 4.74 Å². The number of aromatic nitrogens is 2. The third-order valence-electron chi connectivity index (χ3n) is 6.24. The molecule has 1 unspecified atom stereocenters. The highest BCUT2D eigenvalue weighted by molar-refractivity contribution is 8.15. The molecule has 0 aliphatic carbocycles. The minimum atomic E-state index is -0.706. The Hall–Kier alpha value is -5.10. The highest BCUT2D eigenvalue weighted by Crippen LogP contribution is 2.41. The molecule has 43 heavy (non-hydrogen) atoms. The zero-order chi connectivity index (χ0) is 30.2. The number of thioether (sulfide) groups is 1. The fraction of sp³-hybridized carbons (Fsp3) is 0.161. The van der Waals surface area contributed by atoms with E-state index in [1.807, 2.05) is 37.3 Å². The van der Waals surface area contributed by atoms with Gasteiger partial charge < -0.3 is 15.4 Å². The topological polar surface area (TPSA) is 126 Å². The maximum atomic E-state index is 13.8. The summed E-state index contributed by atoms with van der Waals surface area (Å²) in [5.41, 5.74) is 3.74. The molecule has 4 aromatic rings. The average molecular weight is 599 g/mol. The minimum Gasteiger partial charge on any atom is -0.445 e. The highest BCUT2D eigenvalue weighted by atomic mass is 32.2. The molecule has 218 valence electrons. The zero-order valence-corrected chi connectivity index (χ0v) is 23.9. The van der Waals surface area contributed by atoms with Gasteiger partial charge in [0.05, 0.1) is 29.8 Å². The Morgan fingerprint density at radius 3 is 2.53 bits per heavy atom. The first-order valence-electron chi connectivity index (χ1n) is 13.3. The number of carbonyl (C=O) groups excluding carboxylic acids is 3. The lowest BCUT2D eigenvalue weighted by molar-refractivity contribution is -0.126. The first kappa shape index (κ1) is 29.4. The van der Waals surface area contributed by atoms with Crippen LogP contribution in [0.2, 0.25) is 0 Å². The van der Waals surface area contributed by atoms with Gasteiger partial charge in [-0.1, -0.05) is 60.3 Å². The Labute approximate surface area is 251 Å². The summed E-state index contributed by atoms with van der Waals surface area (Å²) in [6.45, 7) is 1.80. The quantitative estimate of drug-likeness (QED) is 0.268. The summed E-state index contributed by atoms with van der Waals surface area (Å²) in [5.74, 6) is -1.08. The third kappa shape index (κ3) is 8.01. The molecular weight excluding hydrogens is 571 g/mol. The first-order valence-corrected chi connectivity index (χ1v) is 14.2. The van der Waals surface area contributed by atoms with E-state index >= 15 is 0 Å². The second kappa shape index (κ2) is 13.7. The monoisotopic (exact) mass is 598 g/mol. The molecule has 3 aromatic carbocycles. The molecule has 12 heteroatoms. The Morgan fingerprint density at radius 1 is 1.02 bits per heavy atom. The molecule has 1 aromatic heterocycles. The lowest BCUT2D eigenvalue weighted by Crippen LogP contribution is -2.33. The molecule has 1 aliphatic rings. The van der Waals surface area contributed by atoms with Crippen LogP contribution in [0.15, 0.2) is 96.2 Å². The number of carbonyl (C=O) groups is 3. The van der Waals surface area contributed by atoms with Crippen molar-refractivity contribution in [3.05, 3.63) is 120 Å². The molecule has 3 amide bonds. The normalized spacial score (nSPS) is 15.4. The van der Waals surface area contributed by atoms with Gasteiger partial charge in [0.25, 0.3) is 0 Å². The van der Waals surface area contributed by atoms with Crippen molar-refractivity contribution < 1.29 is 23.5 Å². The standard InChI is InChI=1S/C31H27FN6O4S/c1-20-15-34-26(16-33-20)18-38-29(40)28(43-30(38)37-25-9-5-8-23(32)14-25)22-10-12-24(13-11-22)36-27(39)17-35-31(41)42-19-21-6-3-2-4-7-21/h2-16,28H,17-19H2,1H3,(H,35,41)(H,36,39). The number of amidine groups is 1. The van der Waals surface area contributed by atoms with Crippen molar-refractivity contribution in [1.82, 2.24) is 20.2 Å². The predicted octanol–water partition coefficient (Wildman–Crippen LogP) is 5.29. The molecule has 5 rings (SSSR count). The van der Waals surface area contributed by atoms with Crippen LogP contribution in [0.5, 0.6) is 0 Å². The largest absolute Gasteiger partial charge is 0.445 e. The van der Waals surface area contributed by atoms with E-state index in [2.05, 4.69) is 25.6 Å². The number of ether oxygens (including phenoxy) is 1. The van der Waals surface area contributed by atoms with Gasteiger partial charge in [-0.2, -0.15) is 0 Å². The lowest BCUT2D eigenvalue weighted by atomic mass is 10.1. The lowest BCUT2D eigenvalue weighted by Gasteiger charge is -2.16. The predicted molar refractivity (Wildman–Crippen MR) is 161 cm³/mol. The summed E-state index contributed by atoms with van der Waals surface area (Å²) >= 11 is 1.24. The van der Waals surface area contributed by atoms with Crippen molar-refractivity contribution in [3.63, 3.8) is 0 Å². The van der Waals surface area contributed by atoms with E-state index in [-0.39, 0.29) is 25.6 Å². The number of benzene rings is 3. The van der Waals surface area contributed by atoms with Gasteiger partial charge in [-0.05, 0) is 48.4 Å². The van der Waals surface area contributed by atoms with Gasteiger partial charge in [-0.3, -0.25) is 24.5 Å². The summed E-state index contributed by atoms with van der Waals surface area (Å²) < 4.78 is 18.9. The number of alkyl carbamates (subject to hydrolysis) is 1. The van der Waals surface area contributed by atoms with E-state index < -0.39 is 23.1 Å². The van der Waals surface area contributed by atoms with Crippen LogP contribution in [0.4, 0.5) is 20.6 Å². The molecular formula is C31H27FN6O4S. The molecule has 0 spiro atoms. The van der Waals surface area contributed by atoms with Gasteiger partial charge >= 0.3 is 6.09 Å². The molecule has 10 nitrogen and oxygen atoms in total. The third-order valence-corrected chi connectivity index (χ3v) is 7.47. The van der Waals surface area contributed by atoms with Crippen molar-refractivity contribution >= 4 is 46.2 Å². The number of nitrogens with zero attached hydrogens (tertiary/aromatic N) is 4. The molecule has 1 saturated heterocycles. The zero-order valence-electron chi connectivity index (χ0n) is 23.1. The van der Waals surface area contributed by atoms with E-state index in [1.165, 1.54) is 28.8 Å². The molecule has 0 radical (unpaired) electrons. The number of hydrogen-bond donors (Lipinski definition) is 2. The van der Waals surface area contributed by atoms with Crippen LogP contribution in [0.3, 0.4) is 0 Å². The molecule has 2 heterocycles. The van der Waals surface area contributed by atoms with Crippen LogP contribution in [0.1, 0.15) is 27.8 Å². The SMILES string of the molecule is Cc1cnc(CN2C(=O)C(c3ccc(NC(=O)CNC(=O)OCc4ccccc4)cc3)SC2=Nc2cccc(F)c2)cn1. The molecule has 0 saturated carbocycles. The average Bonchev–Trinajstić information content (AvgIpc) is 3.31. The second-order valence-corrected chi connectivity index (χ2v) is 10.6. The maximum Gasteiger partial charge on any atom is 0.407 e. The van der Waals surface area contributed by atoms with Gasteiger partial charge in [0.2, 0.25) is 11.8 Å². The molecule has 0 bridgehead atoms. The number of anilines is 1. The van der Waals surface area contributed by atoms with Gasteiger partial charge in [0.15, 0.2) is 5.17 Å². The minimum absolute atomic E-state index is 0.0954. The van der Waals surface area contributed by atoms with Crippen molar-refractivity contribution in [2.24, 2.45) is 4.99 Å². The fourth-order valence-corrected chi connectivity index (χ4v) is 5.26. The van der Waals surface area contributed by atoms with Crippen molar-refractivity contribution in [3.8, 4) is 0 Å². The number of rotatable bonds is 9. The molecule has 2 N–H and O–H groups in total. The van der Waals surface area contributed by atoms with Crippen molar-refractivity contribution in [2.75, 3.05) is 11.9 Å². The van der Waals surface area contributed by atoms with Crippen LogP contribution in [0, 0.1) is 12.7 Å². The van der Waals surface area contributed by atoms with Gasteiger partial charge in [-0.25, -0.2) is 14.2 Å². The number of hydrogen-bond acceptors (Lipinski definition) is 8. The van der Waals surface area contributed by atoms with Crippen LogP contribution in [0.25, 0.3) is 0 Å². The van der Waals surface area contributed by atoms with E-state index in [0.29, 0.717) is 27.8 Å². The van der Waals surface area contributed by atoms with E-state index in [0.717, 1.165) is 11.3 Å². The molecule has 1 aliphatic heterocycles. The van der Waals surface area contributed by atoms with Gasteiger partial charge in [-0.15, -0.1) is 0 Å². The maximum absolute atomic E-state index is 13.8. The summed E-state index contributed by atoms with van der Waals surface area (Å²) in [6, 6.07) is 21.9. The van der Waals surface area contributed by atoms with Gasteiger partial charge in [0.1, 0.15) is 24.2 Å².